The van der Waals surface area contributed by atoms with Crippen molar-refractivity contribution in [2.24, 2.45) is 0 Å². The van der Waals surface area contributed by atoms with Gasteiger partial charge in [0, 0.05) is 132 Å². The monoisotopic (exact) mass is 1270 g/mol. The molecule has 0 aliphatic carbocycles. The van der Waals surface area contributed by atoms with E-state index in [9.17, 15) is 10.5 Å². The SMILES string of the molecule is Cc1cc(CNc2nc3ccccc3c(N3CCC(NC(C)(C)C)CC3)c2C#N)ccc1Br.Cc1cc(CNc2nc3ccccc3c(N3CCC(NC(C)(C)C)CC3)c2C#N)ccc1Nc1nccc(-c2cccnc2)n1.Nc1nccc(-c2cccnc2)n1. The third-order valence-electron chi connectivity index (χ3n) is 15.8. The maximum Gasteiger partial charge on any atom is 0.227 e. The fourth-order valence-electron chi connectivity index (χ4n) is 11.7. The molecule has 2 aliphatic rings. The van der Waals surface area contributed by atoms with Gasteiger partial charge in [-0.25, -0.2) is 29.9 Å². The summed E-state index contributed by atoms with van der Waals surface area (Å²) in [5.41, 5.74) is 19.5. The summed E-state index contributed by atoms with van der Waals surface area (Å²) in [4.78, 5) is 39.6. The van der Waals surface area contributed by atoms with E-state index >= 15 is 0 Å². The Hall–Kier alpha value is -9.66. The van der Waals surface area contributed by atoms with Crippen LogP contribution in [0.25, 0.3) is 44.3 Å². The zero-order valence-corrected chi connectivity index (χ0v) is 54.6. The summed E-state index contributed by atoms with van der Waals surface area (Å²) in [6.45, 7) is 22.2. The third kappa shape index (κ3) is 17.0. The molecule has 0 radical (unpaired) electrons. The van der Waals surface area contributed by atoms with E-state index in [1.54, 1.807) is 43.2 Å². The van der Waals surface area contributed by atoms with Crippen LogP contribution in [-0.2, 0) is 13.1 Å². The van der Waals surface area contributed by atoms with Crippen LogP contribution >= 0.6 is 15.9 Å². The first-order valence-electron chi connectivity index (χ1n) is 30.9. The van der Waals surface area contributed by atoms with Gasteiger partial charge < -0.3 is 42.1 Å². The Kier molecular flexibility index (Phi) is 20.7. The molecule has 2 fully saturated rings. The van der Waals surface area contributed by atoms with Crippen LogP contribution in [0.4, 0.5) is 40.6 Å². The summed E-state index contributed by atoms with van der Waals surface area (Å²) >= 11 is 3.56. The fraction of sp³-hybridized carbons (Fsp3) is 0.306. The zero-order chi connectivity index (χ0) is 64.1. The predicted octanol–water partition coefficient (Wildman–Crippen LogP) is 14.2. The van der Waals surface area contributed by atoms with Gasteiger partial charge in [0.1, 0.15) is 34.9 Å². The molecule has 464 valence electrons. The highest BCUT2D eigenvalue weighted by atomic mass is 79.9. The number of aryl methyl sites for hydroxylation is 2. The van der Waals surface area contributed by atoms with E-state index in [4.69, 9.17) is 15.7 Å². The van der Waals surface area contributed by atoms with Crippen LogP contribution in [-0.4, -0.2) is 89.2 Å². The average Bonchev–Trinajstić information content (AvgIpc) is 0.833. The van der Waals surface area contributed by atoms with Gasteiger partial charge in [-0.1, -0.05) is 76.6 Å². The molecule has 12 rings (SSSR count). The number of nitriles is 2. The third-order valence-corrected chi connectivity index (χ3v) is 16.7. The van der Waals surface area contributed by atoms with Crippen molar-refractivity contribution in [3.8, 4) is 34.7 Å². The number of benzene rings is 4. The number of rotatable bonds is 14. The number of hydrogen-bond acceptors (Lipinski definition) is 18. The minimum absolute atomic E-state index is 0.0802. The molecule has 0 atom stereocenters. The minimum Gasteiger partial charge on any atom is -0.370 e. The Bertz CT molecular complexity index is 4200. The number of piperidine rings is 2. The molecule has 91 heavy (non-hydrogen) atoms. The normalized spacial score (nSPS) is 13.7. The second kappa shape index (κ2) is 29.3. The smallest absolute Gasteiger partial charge is 0.227 e. The molecule has 0 unspecified atom stereocenters. The van der Waals surface area contributed by atoms with Crippen molar-refractivity contribution in [2.75, 3.05) is 57.7 Å². The predicted molar refractivity (Wildman–Crippen MR) is 372 cm³/mol. The van der Waals surface area contributed by atoms with Crippen molar-refractivity contribution >= 4 is 78.3 Å². The van der Waals surface area contributed by atoms with E-state index in [0.717, 1.165) is 134 Å². The number of fused-ring (bicyclic) bond motifs is 2. The number of hydrogen-bond donors (Lipinski definition) is 6. The number of anilines is 7. The Morgan fingerprint density at radius 2 is 1.02 bits per heavy atom. The van der Waals surface area contributed by atoms with Crippen molar-refractivity contribution in [1.29, 1.82) is 10.5 Å². The quantitative estimate of drug-likeness (QED) is 0.0593. The molecular weight excluding hydrogens is 1200 g/mol. The van der Waals surface area contributed by atoms with Gasteiger partial charge in [-0.15, -0.1) is 0 Å². The fourth-order valence-corrected chi connectivity index (χ4v) is 11.9. The van der Waals surface area contributed by atoms with Crippen LogP contribution in [0.5, 0.6) is 0 Å². The van der Waals surface area contributed by atoms with Crippen LogP contribution in [0.3, 0.4) is 0 Å². The molecular formula is C72H79BrN18. The highest BCUT2D eigenvalue weighted by Crippen LogP contribution is 2.38. The summed E-state index contributed by atoms with van der Waals surface area (Å²) in [6.07, 6.45) is 14.5. The lowest BCUT2D eigenvalue weighted by atomic mass is 9.98. The lowest BCUT2D eigenvalue weighted by Gasteiger charge is -2.38. The van der Waals surface area contributed by atoms with Crippen LogP contribution < -0.4 is 42.1 Å². The van der Waals surface area contributed by atoms with Gasteiger partial charge in [-0.2, -0.15) is 10.5 Å². The van der Waals surface area contributed by atoms with E-state index < -0.39 is 0 Å². The molecule has 0 amide bonds. The molecule has 2 saturated heterocycles. The minimum atomic E-state index is 0.0802. The molecule has 7 N–H and O–H groups in total. The van der Waals surface area contributed by atoms with Crippen molar-refractivity contribution in [2.45, 2.75) is 117 Å². The van der Waals surface area contributed by atoms with Crippen LogP contribution in [0.15, 0.2) is 163 Å². The van der Waals surface area contributed by atoms with Crippen LogP contribution in [0, 0.1) is 36.5 Å². The highest BCUT2D eigenvalue weighted by molar-refractivity contribution is 9.10. The number of pyridine rings is 4. The van der Waals surface area contributed by atoms with Crippen LogP contribution in [0.1, 0.15) is 101 Å². The summed E-state index contributed by atoms with van der Waals surface area (Å²) in [5, 5.41) is 40.4. The van der Waals surface area contributed by atoms with Crippen LogP contribution in [0.2, 0.25) is 0 Å². The largest absolute Gasteiger partial charge is 0.370 e. The highest BCUT2D eigenvalue weighted by Gasteiger charge is 2.29. The first kappa shape index (κ1) is 64.3. The molecule has 18 nitrogen and oxygen atoms in total. The van der Waals surface area contributed by atoms with E-state index in [2.05, 4.69) is 192 Å². The molecule has 8 heterocycles. The number of aromatic nitrogens is 8. The first-order valence-corrected chi connectivity index (χ1v) is 31.7. The van der Waals surface area contributed by atoms with Gasteiger partial charge in [-0.05, 0) is 164 Å². The number of para-hydroxylation sites is 2. The summed E-state index contributed by atoms with van der Waals surface area (Å²) in [7, 11) is 0. The topological polar surface area (TPSA) is 243 Å². The average molecular weight is 1280 g/mol. The first-order chi connectivity index (χ1) is 43.9. The molecule has 4 aromatic carbocycles. The maximum atomic E-state index is 10.4. The van der Waals surface area contributed by atoms with E-state index in [0.29, 0.717) is 53.9 Å². The number of nitrogen functional groups attached to an aromatic ring is 1. The molecule has 0 saturated carbocycles. The Balaban J connectivity index is 0.000000172. The molecule has 6 aromatic heterocycles. The van der Waals surface area contributed by atoms with Crippen molar-refractivity contribution in [3.05, 3.63) is 196 Å². The second-order valence-electron chi connectivity index (χ2n) is 25.1. The Labute approximate surface area is 542 Å². The molecule has 0 bridgehead atoms. The second-order valence-corrected chi connectivity index (χ2v) is 25.9. The lowest BCUT2D eigenvalue weighted by molar-refractivity contribution is 0.317. The molecule has 2 aliphatic heterocycles. The summed E-state index contributed by atoms with van der Waals surface area (Å²) in [5.74, 6) is 2.07. The lowest BCUT2D eigenvalue weighted by Crippen LogP contribution is -2.49. The van der Waals surface area contributed by atoms with Crippen molar-refractivity contribution in [3.63, 3.8) is 0 Å². The number of halogens is 1. The Morgan fingerprint density at radius 1 is 0.549 bits per heavy atom. The van der Waals surface area contributed by atoms with Gasteiger partial charge in [0.25, 0.3) is 0 Å². The number of nitrogens with one attached hydrogen (secondary N) is 5. The van der Waals surface area contributed by atoms with Gasteiger partial charge >= 0.3 is 0 Å². The standard InChI is InChI=1S/C36H39N9.C27H32BrN5.C9H8N4/c1-24-20-25(11-12-30(24)42-35-39-17-13-31(43-35)26-8-7-16-38-23-26)22-40-34-29(21-37)33(28-9-5-6-10-32(28)41-34)45-18-14-27(15-19-45)44-36(2,3)4;1-18-15-19(9-10-23(18)28)17-30-26-22(16-29)25(21-7-5-6-8-24(21)31-26)33-13-11-20(12-14-33)32-27(2,3)4;10-9-12-5-3-8(13-9)7-2-1-4-11-6-7/h5-13,16-17,20,23,27,44H,14-15,18-19,22H2,1-4H3,(H,40,41)(H,39,42,43);5-10,15,20,32H,11-14,17H2,1-4H3,(H,30,31);1-6H,(H2,10,12,13). The molecule has 0 spiro atoms. The zero-order valence-electron chi connectivity index (χ0n) is 53.1. The van der Waals surface area contributed by atoms with Gasteiger partial charge in [0.05, 0.1) is 33.8 Å². The van der Waals surface area contributed by atoms with Crippen molar-refractivity contribution < 1.29 is 0 Å². The van der Waals surface area contributed by atoms with E-state index in [1.165, 1.54) is 5.56 Å². The maximum absolute atomic E-state index is 10.4. The van der Waals surface area contributed by atoms with Gasteiger partial charge in [0.15, 0.2) is 0 Å². The van der Waals surface area contributed by atoms with Gasteiger partial charge in [0.2, 0.25) is 11.9 Å². The van der Waals surface area contributed by atoms with Gasteiger partial charge in [-0.3, -0.25) is 9.97 Å². The summed E-state index contributed by atoms with van der Waals surface area (Å²) in [6, 6.07) is 46.0. The Morgan fingerprint density at radius 3 is 1.47 bits per heavy atom. The van der Waals surface area contributed by atoms with E-state index in [1.807, 2.05) is 72.8 Å². The van der Waals surface area contributed by atoms with E-state index in [-0.39, 0.29) is 17.0 Å². The molecule has 10 aromatic rings. The number of nitrogens with two attached hydrogens (primary N) is 1. The number of nitrogens with zero attached hydrogens (tertiary/aromatic N) is 12. The molecule has 19 heteroatoms. The van der Waals surface area contributed by atoms with Crippen molar-refractivity contribution in [1.82, 2.24) is 50.5 Å². The summed E-state index contributed by atoms with van der Waals surface area (Å²) < 4.78 is 1.10.